The molecule has 0 unspecified atom stereocenters. The number of aromatic nitrogens is 1. The summed E-state index contributed by atoms with van der Waals surface area (Å²) in [5.41, 5.74) is -0.209. The zero-order valence-corrected chi connectivity index (χ0v) is 17.2. The summed E-state index contributed by atoms with van der Waals surface area (Å²) in [6.45, 7) is -1.91. The van der Waals surface area contributed by atoms with E-state index in [1.807, 2.05) is 0 Å². The molecule has 1 aromatic heterocycles. The molecule has 1 amide bonds. The highest BCUT2D eigenvalue weighted by Crippen LogP contribution is 2.38. The first-order chi connectivity index (χ1) is 15.9. The topological polar surface area (TPSA) is 68.3 Å². The van der Waals surface area contributed by atoms with Gasteiger partial charge in [0.1, 0.15) is 5.75 Å². The first-order valence-electron chi connectivity index (χ1n) is 9.67. The van der Waals surface area contributed by atoms with Crippen LogP contribution in [0.15, 0.2) is 67.0 Å². The van der Waals surface area contributed by atoms with Crippen molar-refractivity contribution in [2.24, 2.45) is 0 Å². The summed E-state index contributed by atoms with van der Waals surface area (Å²) in [7, 11) is 0. The highest BCUT2D eigenvalue weighted by Gasteiger charge is 2.36. The monoisotopic (exact) mass is 482 g/mol. The number of carbonyl (C=O) groups excluding carboxylic acids is 2. The molecular formula is C23H16F6N2O3. The Kier molecular flexibility index (Phi) is 7.23. The lowest BCUT2D eigenvalue weighted by Crippen LogP contribution is -2.21. The molecule has 1 N–H and O–H groups in total. The van der Waals surface area contributed by atoms with E-state index in [2.05, 4.69) is 15.0 Å². The van der Waals surface area contributed by atoms with Crippen molar-refractivity contribution in [2.75, 3.05) is 11.9 Å². The molecule has 0 saturated heterocycles. The molecule has 0 radical (unpaired) electrons. The fourth-order valence-electron chi connectivity index (χ4n) is 2.97. The van der Waals surface area contributed by atoms with Crippen molar-refractivity contribution in [2.45, 2.75) is 18.8 Å². The van der Waals surface area contributed by atoms with Crippen LogP contribution in [0.5, 0.6) is 5.75 Å². The summed E-state index contributed by atoms with van der Waals surface area (Å²) in [6, 6.07) is 12.0. The van der Waals surface area contributed by atoms with Gasteiger partial charge in [-0.1, -0.05) is 24.3 Å². The Balaban J connectivity index is 1.71. The van der Waals surface area contributed by atoms with Crippen molar-refractivity contribution in [3.8, 4) is 16.9 Å². The summed E-state index contributed by atoms with van der Waals surface area (Å²) < 4.78 is 80.9. The Morgan fingerprint density at radius 2 is 1.65 bits per heavy atom. The van der Waals surface area contributed by atoms with Crippen LogP contribution in [-0.2, 0) is 11.0 Å². The number of amides is 1. The molecule has 0 spiro atoms. The molecule has 34 heavy (non-hydrogen) atoms. The number of rotatable bonds is 7. The molecule has 0 atom stereocenters. The van der Waals surface area contributed by atoms with E-state index in [1.165, 1.54) is 6.07 Å². The third-order valence-electron chi connectivity index (χ3n) is 4.46. The molecule has 0 aliphatic heterocycles. The van der Waals surface area contributed by atoms with Gasteiger partial charge in [0.05, 0.1) is 12.0 Å². The van der Waals surface area contributed by atoms with Crippen LogP contribution in [0.3, 0.4) is 0 Å². The Morgan fingerprint density at radius 1 is 0.912 bits per heavy atom. The number of benzene rings is 2. The van der Waals surface area contributed by atoms with Crippen LogP contribution in [-0.4, -0.2) is 29.5 Å². The average Bonchev–Trinajstić information content (AvgIpc) is 2.77. The quantitative estimate of drug-likeness (QED) is 0.258. The van der Waals surface area contributed by atoms with Crippen molar-refractivity contribution >= 4 is 17.4 Å². The van der Waals surface area contributed by atoms with Gasteiger partial charge < -0.3 is 10.1 Å². The average molecular weight is 482 g/mol. The molecule has 5 nitrogen and oxygen atoms in total. The van der Waals surface area contributed by atoms with Crippen LogP contribution >= 0.6 is 0 Å². The Morgan fingerprint density at radius 3 is 2.29 bits per heavy atom. The van der Waals surface area contributed by atoms with E-state index >= 15 is 0 Å². The molecular weight excluding hydrogens is 466 g/mol. The normalized spacial score (nSPS) is 11.7. The van der Waals surface area contributed by atoms with Crippen LogP contribution in [0.1, 0.15) is 22.3 Å². The zero-order valence-electron chi connectivity index (χ0n) is 17.2. The number of hydrogen-bond donors (Lipinski definition) is 1. The first-order valence-corrected chi connectivity index (χ1v) is 9.67. The van der Waals surface area contributed by atoms with Crippen LogP contribution in [0.2, 0.25) is 0 Å². The Bertz CT molecular complexity index is 1180. The van der Waals surface area contributed by atoms with Crippen LogP contribution in [0.4, 0.5) is 32.0 Å². The maximum atomic E-state index is 13.3. The lowest BCUT2D eigenvalue weighted by atomic mass is 10.0. The second-order valence-corrected chi connectivity index (χ2v) is 7.08. The summed E-state index contributed by atoms with van der Waals surface area (Å²) in [6.07, 6.45) is -7.35. The van der Waals surface area contributed by atoms with Gasteiger partial charge in [0, 0.05) is 29.2 Å². The first kappa shape index (κ1) is 24.7. The lowest BCUT2D eigenvalue weighted by molar-refractivity contribution is -0.158. The van der Waals surface area contributed by atoms with Crippen molar-refractivity contribution in [3.63, 3.8) is 0 Å². The molecule has 2 aromatic carbocycles. The van der Waals surface area contributed by atoms with Crippen LogP contribution in [0.25, 0.3) is 11.1 Å². The second-order valence-electron chi connectivity index (χ2n) is 7.08. The van der Waals surface area contributed by atoms with Gasteiger partial charge in [0.2, 0.25) is 5.91 Å². The fourth-order valence-corrected chi connectivity index (χ4v) is 2.97. The minimum atomic E-state index is -5.04. The van der Waals surface area contributed by atoms with E-state index in [-0.39, 0.29) is 11.3 Å². The van der Waals surface area contributed by atoms with E-state index in [0.717, 1.165) is 11.6 Å². The number of pyridine rings is 1. The van der Waals surface area contributed by atoms with Crippen molar-refractivity contribution in [1.82, 2.24) is 4.98 Å². The third kappa shape index (κ3) is 6.80. The Labute approximate surface area is 189 Å². The molecule has 0 saturated carbocycles. The number of hydrogen-bond acceptors (Lipinski definition) is 4. The molecule has 0 aliphatic carbocycles. The molecule has 0 bridgehead atoms. The number of nitrogens with zero attached hydrogens (tertiary/aromatic N) is 1. The largest absolute Gasteiger partial charge is 0.483 e. The van der Waals surface area contributed by atoms with E-state index in [9.17, 15) is 35.9 Å². The van der Waals surface area contributed by atoms with Crippen molar-refractivity contribution < 1.29 is 40.7 Å². The molecule has 178 valence electrons. The van der Waals surface area contributed by atoms with Crippen LogP contribution in [0, 0.1) is 0 Å². The molecule has 1 heterocycles. The van der Waals surface area contributed by atoms with E-state index in [1.54, 1.807) is 42.7 Å². The lowest BCUT2D eigenvalue weighted by Gasteiger charge is -2.16. The minimum absolute atomic E-state index is 0.211. The Hall–Kier alpha value is -3.89. The third-order valence-corrected chi connectivity index (χ3v) is 4.46. The maximum absolute atomic E-state index is 13.3. The standard InChI is InChI=1S/C23H16F6N2O3/c24-22(25,26)13-34-20-7-6-17(10-18(20)23(27,28)29)31-21(33)11-19(32)15-4-1-3-14(9-15)16-5-2-8-30-12-16/h1-10,12H,11,13H2,(H,31,33). The number of carbonyl (C=O) groups is 2. The number of alkyl halides is 6. The number of ketones is 1. The smallest absolute Gasteiger partial charge is 0.422 e. The fraction of sp³-hybridized carbons (Fsp3) is 0.174. The number of nitrogens with one attached hydrogen (secondary N) is 1. The van der Waals surface area contributed by atoms with E-state index in [4.69, 9.17) is 0 Å². The summed E-state index contributed by atoms with van der Waals surface area (Å²) in [5, 5.41) is 2.15. The van der Waals surface area contributed by atoms with Gasteiger partial charge in [-0.15, -0.1) is 0 Å². The molecule has 11 heteroatoms. The number of ether oxygens (including phenoxy) is 1. The summed E-state index contributed by atoms with van der Waals surface area (Å²) in [4.78, 5) is 28.7. The van der Waals surface area contributed by atoms with Crippen molar-refractivity contribution in [3.05, 3.63) is 78.1 Å². The predicted molar refractivity (Wildman–Crippen MR) is 110 cm³/mol. The summed E-state index contributed by atoms with van der Waals surface area (Å²) >= 11 is 0. The molecule has 0 fully saturated rings. The number of halogens is 6. The highest BCUT2D eigenvalue weighted by molar-refractivity contribution is 6.11. The maximum Gasteiger partial charge on any atom is 0.422 e. The summed E-state index contributed by atoms with van der Waals surface area (Å²) in [5.74, 6) is -2.51. The molecule has 0 aliphatic rings. The van der Waals surface area contributed by atoms with Gasteiger partial charge in [0.25, 0.3) is 0 Å². The predicted octanol–water partition coefficient (Wildman–Crippen LogP) is 5.92. The van der Waals surface area contributed by atoms with Gasteiger partial charge in [-0.25, -0.2) is 0 Å². The van der Waals surface area contributed by atoms with Gasteiger partial charge in [-0.2, -0.15) is 26.3 Å². The zero-order chi connectivity index (χ0) is 24.9. The molecule has 3 rings (SSSR count). The van der Waals surface area contributed by atoms with Crippen molar-refractivity contribution in [1.29, 1.82) is 0 Å². The highest BCUT2D eigenvalue weighted by atomic mass is 19.4. The number of Topliss-reactive ketones (excluding diaryl/α,β-unsaturated/α-hetero) is 1. The molecule has 3 aromatic rings. The van der Waals surface area contributed by atoms with Gasteiger partial charge >= 0.3 is 12.4 Å². The minimum Gasteiger partial charge on any atom is -0.483 e. The van der Waals surface area contributed by atoms with Gasteiger partial charge in [0.15, 0.2) is 12.4 Å². The van der Waals surface area contributed by atoms with E-state index in [0.29, 0.717) is 17.7 Å². The second kappa shape index (κ2) is 9.94. The SMILES string of the molecule is O=C(CC(=O)c1cccc(-c2cccnc2)c1)Nc1ccc(OCC(F)(F)F)c(C(F)(F)F)c1. The van der Waals surface area contributed by atoms with Gasteiger partial charge in [-0.05, 0) is 35.9 Å². The van der Waals surface area contributed by atoms with Gasteiger partial charge in [-0.3, -0.25) is 14.6 Å². The van der Waals surface area contributed by atoms with Crippen LogP contribution < -0.4 is 10.1 Å². The number of anilines is 1. The van der Waals surface area contributed by atoms with E-state index < -0.39 is 48.4 Å².